The van der Waals surface area contributed by atoms with Gasteiger partial charge in [-0.25, -0.2) is 0 Å². The van der Waals surface area contributed by atoms with Crippen molar-refractivity contribution < 1.29 is 0 Å². The van der Waals surface area contributed by atoms with E-state index in [-0.39, 0.29) is 0 Å². The van der Waals surface area contributed by atoms with Crippen molar-refractivity contribution in [3.8, 4) is 0 Å². The Labute approximate surface area is 114 Å². The third-order valence-corrected chi connectivity index (χ3v) is 3.17. The fourth-order valence-corrected chi connectivity index (χ4v) is 1.80. The molecule has 0 bridgehead atoms. The third kappa shape index (κ3) is 3.92. The molecule has 1 saturated carbocycles. The second-order valence-corrected chi connectivity index (χ2v) is 5.07. The lowest BCUT2D eigenvalue weighted by Gasteiger charge is -2.16. The predicted molar refractivity (Wildman–Crippen MR) is 77.8 cm³/mol. The molecular formula is C12H23N7. The fourth-order valence-electron chi connectivity index (χ4n) is 1.80. The highest BCUT2D eigenvalue weighted by molar-refractivity contribution is 5.42. The molecule has 1 aromatic heterocycles. The zero-order valence-corrected chi connectivity index (χ0v) is 12.1. The maximum atomic E-state index is 4.37. The Morgan fingerprint density at radius 2 is 1.79 bits per heavy atom. The van der Waals surface area contributed by atoms with Gasteiger partial charge in [-0.3, -0.25) is 0 Å². The Hall–Kier alpha value is -1.63. The molecule has 2 rings (SSSR count). The van der Waals surface area contributed by atoms with Gasteiger partial charge in [0.25, 0.3) is 0 Å². The number of rotatable bonds is 7. The van der Waals surface area contributed by atoms with E-state index in [0.29, 0.717) is 17.8 Å². The van der Waals surface area contributed by atoms with E-state index in [1.165, 1.54) is 12.8 Å². The zero-order valence-electron chi connectivity index (χ0n) is 12.1. The van der Waals surface area contributed by atoms with Gasteiger partial charge in [0.2, 0.25) is 17.8 Å². The normalized spacial score (nSPS) is 14.6. The zero-order chi connectivity index (χ0) is 13.8. The maximum Gasteiger partial charge on any atom is 0.231 e. The molecule has 0 saturated heterocycles. The van der Waals surface area contributed by atoms with Crippen LogP contribution in [0.1, 0.15) is 12.8 Å². The molecule has 0 spiro atoms. The van der Waals surface area contributed by atoms with Crippen LogP contribution in [-0.2, 0) is 0 Å². The van der Waals surface area contributed by atoms with Crippen LogP contribution in [0.4, 0.5) is 17.8 Å². The summed E-state index contributed by atoms with van der Waals surface area (Å²) in [6, 6.07) is 0.783. The van der Waals surface area contributed by atoms with Crippen molar-refractivity contribution in [2.45, 2.75) is 18.9 Å². The summed E-state index contributed by atoms with van der Waals surface area (Å²) in [4.78, 5) is 17.2. The number of nitrogens with zero attached hydrogens (tertiary/aromatic N) is 5. The van der Waals surface area contributed by atoms with E-state index < -0.39 is 0 Å². The molecule has 7 heteroatoms. The summed E-state index contributed by atoms with van der Waals surface area (Å²) in [5, 5.41) is 6.21. The van der Waals surface area contributed by atoms with Gasteiger partial charge in [0.05, 0.1) is 0 Å². The quantitative estimate of drug-likeness (QED) is 0.743. The van der Waals surface area contributed by atoms with Gasteiger partial charge in [-0.1, -0.05) is 0 Å². The summed E-state index contributed by atoms with van der Waals surface area (Å²) >= 11 is 0. The summed E-state index contributed by atoms with van der Waals surface area (Å²) in [5.41, 5.74) is 0. The highest BCUT2D eigenvalue weighted by Gasteiger charge is 2.25. The summed E-state index contributed by atoms with van der Waals surface area (Å²) in [6.07, 6.45) is 2.66. The van der Waals surface area contributed by atoms with Crippen LogP contribution in [0.15, 0.2) is 0 Å². The highest BCUT2D eigenvalue weighted by Crippen LogP contribution is 2.24. The molecule has 1 fully saturated rings. The SMILES string of the molecule is CNc1nc(NCCN(C)C2CC2)nc(N(C)C)n1. The number of hydrogen-bond acceptors (Lipinski definition) is 7. The molecule has 2 N–H and O–H groups in total. The predicted octanol–water partition coefficient (Wildman–Crippen LogP) is 0.485. The standard InChI is InChI=1S/C12H23N7/c1-13-10-15-11(17-12(16-10)18(2)3)14-7-8-19(4)9-5-6-9/h9H,5-8H2,1-4H3,(H2,13,14,15,16,17). The molecule has 19 heavy (non-hydrogen) atoms. The molecule has 0 radical (unpaired) electrons. The number of anilines is 3. The summed E-state index contributed by atoms with van der Waals surface area (Å²) in [5.74, 6) is 1.85. The van der Waals surface area contributed by atoms with Gasteiger partial charge in [0.15, 0.2) is 0 Å². The third-order valence-electron chi connectivity index (χ3n) is 3.17. The average Bonchev–Trinajstić information content (AvgIpc) is 3.22. The van der Waals surface area contributed by atoms with Gasteiger partial charge in [-0.05, 0) is 19.9 Å². The number of hydrogen-bond donors (Lipinski definition) is 2. The molecule has 106 valence electrons. The van der Waals surface area contributed by atoms with Crippen LogP contribution < -0.4 is 15.5 Å². The largest absolute Gasteiger partial charge is 0.357 e. The van der Waals surface area contributed by atoms with E-state index >= 15 is 0 Å². The number of aromatic nitrogens is 3. The second kappa shape index (κ2) is 6.01. The first-order valence-electron chi connectivity index (χ1n) is 6.65. The molecular weight excluding hydrogens is 242 g/mol. The van der Waals surface area contributed by atoms with Crippen LogP contribution in [0.5, 0.6) is 0 Å². The first-order chi connectivity index (χ1) is 9.10. The van der Waals surface area contributed by atoms with Gasteiger partial charge < -0.3 is 20.4 Å². The summed E-state index contributed by atoms with van der Waals surface area (Å²) < 4.78 is 0. The van der Waals surface area contributed by atoms with Gasteiger partial charge in [0.1, 0.15) is 0 Å². The van der Waals surface area contributed by atoms with Crippen LogP contribution in [0.2, 0.25) is 0 Å². The van der Waals surface area contributed by atoms with Crippen LogP contribution in [-0.4, -0.2) is 67.2 Å². The van der Waals surface area contributed by atoms with Crippen LogP contribution in [0.3, 0.4) is 0 Å². The minimum absolute atomic E-state index is 0.580. The van der Waals surface area contributed by atoms with Crippen molar-refractivity contribution >= 4 is 17.8 Å². The summed E-state index contributed by atoms with van der Waals surface area (Å²) in [7, 11) is 7.80. The molecule has 1 aliphatic carbocycles. The van der Waals surface area contributed by atoms with E-state index in [2.05, 4.69) is 37.5 Å². The van der Waals surface area contributed by atoms with Crippen molar-refractivity contribution in [3.05, 3.63) is 0 Å². The first-order valence-corrected chi connectivity index (χ1v) is 6.65. The van der Waals surface area contributed by atoms with E-state index in [4.69, 9.17) is 0 Å². The Morgan fingerprint density at radius 1 is 1.11 bits per heavy atom. The van der Waals surface area contributed by atoms with Crippen molar-refractivity contribution in [2.24, 2.45) is 0 Å². The Balaban J connectivity index is 1.92. The molecule has 0 aliphatic heterocycles. The summed E-state index contributed by atoms with van der Waals surface area (Å²) in [6.45, 7) is 1.84. The molecule has 0 amide bonds. The molecule has 7 nitrogen and oxygen atoms in total. The van der Waals surface area contributed by atoms with E-state index in [1.807, 2.05) is 19.0 Å². The molecule has 0 aromatic carbocycles. The minimum Gasteiger partial charge on any atom is -0.357 e. The topological polar surface area (TPSA) is 69.2 Å². The molecule has 1 heterocycles. The van der Waals surface area contributed by atoms with Crippen molar-refractivity contribution in [2.75, 3.05) is 56.8 Å². The lowest BCUT2D eigenvalue weighted by molar-refractivity contribution is 0.337. The molecule has 0 atom stereocenters. The van der Waals surface area contributed by atoms with Crippen LogP contribution in [0.25, 0.3) is 0 Å². The van der Waals surface area contributed by atoms with Crippen molar-refractivity contribution in [1.82, 2.24) is 19.9 Å². The number of nitrogens with one attached hydrogen (secondary N) is 2. The Kier molecular flexibility index (Phi) is 4.36. The second-order valence-electron chi connectivity index (χ2n) is 5.07. The molecule has 1 aromatic rings. The van der Waals surface area contributed by atoms with E-state index in [9.17, 15) is 0 Å². The number of likely N-dealkylation sites (N-methyl/N-ethyl adjacent to an activating group) is 1. The van der Waals surface area contributed by atoms with E-state index in [0.717, 1.165) is 19.1 Å². The average molecular weight is 265 g/mol. The van der Waals surface area contributed by atoms with Crippen molar-refractivity contribution in [3.63, 3.8) is 0 Å². The van der Waals surface area contributed by atoms with Gasteiger partial charge in [0, 0.05) is 40.3 Å². The van der Waals surface area contributed by atoms with Crippen molar-refractivity contribution in [1.29, 1.82) is 0 Å². The van der Waals surface area contributed by atoms with Gasteiger partial charge >= 0.3 is 0 Å². The van der Waals surface area contributed by atoms with E-state index in [1.54, 1.807) is 7.05 Å². The Bertz CT molecular complexity index is 417. The van der Waals surface area contributed by atoms with Gasteiger partial charge in [-0.15, -0.1) is 0 Å². The van der Waals surface area contributed by atoms with Gasteiger partial charge in [-0.2, -0.15) is 15.0 Å². The monoisotopic (exact) mass is 265 g/mol. The maximum absolute atomic E-state index is 4.37. The molecule has 1 aliphatic rings. The lowest BCUT2D eigenvalue weighted by Crippen LogP contribution is -2.27. The minimum atomic E-state index is 0.580. The van der Waals surface area contributed by atoms with Crippen LogP contribution in [0, 0.1) is 0 Å². The smallest absolute Gasteiger partial charge is 0.231 e. The highest BCUT2D eigenvalue weighted by atomic mass is 15.3. The Morgan fingerprint density at radius 3 is 2.37 bits per heavy atom. The fraction of sp³-hybridized carbons (Fsp3) is 0.750. The van der Waals surface area contributed by atoms with Crippen LogP contribution >= 0.6 is 0 Å². The lowest BCUT2D eigenvalue weighted by atomic mass is 10.5. The molecule has 0 unspecified atom stereocenters. The first kappa shape index (κ1) is 13.8.